The lowest BCUT2D eigenvalue weighted by Gasteiger charge is -2.10. The molecule has 2 aromatic rings. The van der Waals surface area contributed by atoms with E-state index in [1.807, 2.05) is 18.2 Å². The molecule has 0 atom stereocenters. The van der Waals surface area contributed by atoms with Crippen LogP contribution in [0.15, 0.2) is 45.3 Å². The van der Waals surface area contributed by atoms with Gasteiger partial charge in [-0.2, -0.15) is 0 Å². The number of aryl methyl sites for hydroxylation is 1. The second-order valence-corrected chi connectivity index (χ2v) is 6.20. The van der Waals surface area contributed by atoms with E-state index in [1.165, 1.54) is 5.56 Å². The van der Waals surface area contributed by atoms with Crippen LogP contribution in [0.5, 0.6) is 0 Å². The third-order valence-corrected chi connectivity index (χ3v) is 4.48. The highest BCUT2D eigenvalue weighted by molar-refractivity contribution is 9.11. The SMILES string of the molecule is Cc1ccc(NCc2ccc(Br)c(Cl)c2)c(Br)c1. The van der Waals surface area contributed by atoms with Crippen molar-refractivity contribution in [3.63, 3.8) is 0 Å². The summed E-state index contributed by atoms with van der Waals surface area (Å²) in [6.45, 7) is 2.82. The normalized spacial score (nSPS) is 10.4. The van der Waals surface area contributed by atoms with E-state index in [0.29, 0.717) is 0 Å². The van der Waals surface area contributed by atoms with Crippen LogP contribution in [0.25, 0.3) is 0 Å². The minimum Gasteiger partial charge on any atom is -0.380 e. The quantitative estimate of drug-likeness (QED) is 0.701. The van der Waals surface area contributed by atoms with Gasteiger partial charge in [-0.3, -0.25) is 0 Å². The summed E-state index contributed by atoms with van der Waals surface area (Å²) < 4.78 is 2.00. The summed E-state index contributed by atoms with van der Waals surface area (Å²) in [6, 6.07) is 12.2. The summed E-state index contributed by atoms with van der Waals surface area (Å²) in [5.41, 5.74) is 3.47. The van der Waals surface area contributed by atoms with E-state index in [-0.39, 0.29) is 0 Å². The zero-order valence-electron chi connectivity index (χ0n) is 9.81. The molecule has 0 radical (unpaired) electrons. The molecule has 0 aliphatic carbocycles. The van der Waals surface area contributed by atoms with Crippen molar-refractivity contribution in [3.05, 3.63) is 61.5 Å². The number of nitrogens with one attached hydrogen (secondary N) is 1. The monoisotopic (exact) mass is 387 g/mol. The van der Waals surface area contributed by atoms with E-state index in [2.05, 4.69) is 62.3 Å². The van der Waals surface area contributed by atoms with E-state index in [9.17, 15) is 0 Å². The molecule has 0 fully saturated rings. The van der Waals surface area contributed by atoms with E-state index in [1.54, 1.807) is 0 Å². The first kappa shape index (κ1) is 13.9. The first-order valence-corrected chi connectivity index (χ1v) is 7.46. The van der Waals surface area contributed by atoms with Crippen LogP contribution in [0.2, 0.25) is 5.02 Å². The van der Waals surface area contributed by atoms with Crippen LogP contribution in [0.3, 0.4) is 0 Å². The summed E-state index contributed by atoms with van der Waals surface area (Å²) in [6.07, 6.45) is 0. The molecule has 0 unspecified atom stereocenters. The lowest BCUT2D eigenvalue weighted by atomic mass is 10.2. The van der Waals surface area contributed by atoms with Crippen molar-refractivity contribution in [1.82, 2.24) is 0 Å². The van der Waals surface area contributed by atoms with Crippen molar-refractivity contribution in [2.45, 2.75) is 13.5 Å². The Morgan fingerprint density at radius 2 is 1.83 bits per heavy atom. The van der Waals surface area contributed by atoms with Gasteiger partial charge >= 0.3 is 0 Å². The molecule has 1 nitrogen and oxygen atoms in total. The maximum Gasteiger partial charge on any atom is 0.0551 e. The highest BCUT2D eigenvalue weighted by Crippen LogP contribution is 2.26. The van der Waals surface area contributed by atoms with E-state index >= 15 is 0 Å². The molecule has 0 spiro atoms. The Morgan fingerprint density at radius 1 is 1.06 bits per heavy atom. The molecule has 18 heavy (non-hydrogen) atoms. The molecular weight excluding hydrogens is 377 g/mol. The first-order valence-electron chi connectivity index (χ1n) is 5.50. The summed E-state index contributed by atoms with van der Waals surface area (Å²) in [5.74, 6) is 0. The molecule has 4 heteroatoms. The van der Waals surface area contributed by atoms with Gasteiger partial charge in [0.05, 0.1) is 5.02 Å². The Hall–Kier alpha value is -0.510. The molecule has 0 heterocycles. The number of hydrogen-bond donors (Lipinski definition) is 1. The van der Waals surface area contributed by atoms with E-state index in [4.69, 9.17) is 11.6 Å². The maximum atomic E-state index is 6.06. The number of halogens is 3. The second kappa shape index (κ2) is 6.09. The van der Waals surface area contributed by atoms with Crippen molar-refractivity contribution in [2.75, 3.05) is 5.32 Å². The molecule has 0 amide bonds. The lowest BCUT2D eigenvalue weighted by Crippen LogP contribution is -2.00. The summed E-state index contributed by atoms with van der Waals surface area (Å²) in [7, 11) is 0. The van der Waals surface area contributed by atoms with Gasteiger partial charge < -0.3 is 5.32 Å². The number of benzene rings is 2. The van der Waals surface area contributed by atoms with Crippen molar-refractivity contribution in [1.29, 1.82) is 0 Å². The Bertz CT molecular complexity index is 570. The zero-order chi connectivity index (χ0) is 13.1. The van der Waals surface area contributed by atoms with Gasteiger partial charge in [-0.1, -0.05) is 23.7 Å². The number of hydrogen-bond acceptors (Lipinski definition) is 1. The highest BCUT2D eigenvalue weighted by atomic mass is 79.9. The van der Waals surface area contributed by atoms with E-state index in [0.717, 1.165) is 31.8 Å². The van der Waals surface area contributed by atoms with Crippen LogP contribution >= 0.6 is 43.5 Å². The maximum absolute atomic E-state index is 6.06. The molecule has 0 aromatic heterocycles. The smallest absolute Gasteiger partial charge is 0.0551 e. The van der Waals surface area contributed by atoms with Crippen LogP contribution in [-0.4, -0.2) is 0 Å². The fraction of sp³-hybridized carbons (Fsp3) is 0.143. The Labute approximate surface area is 129 Å². The topological polar surface area (TPSA) is 12.0 Å². The molecule has 0 saturated carbocycles. The minimum absolute atomic E-state index is 0.734. The van der Waals surface area contributed by atoms with Gasteiger partial charge in [-0.25, -0.2) is 0 Å². The Balaban J connectivity index is 2.09. The first-order chi connectivity index (χ1) is 8.56. The third-order valence-electron chi connectivity index (χ3n) is 2.59. The molecule has 2 aromatic carbocycles. The van der Waals surface area contributed by atoms with Gasteiger partial charge in [0.2, 0.25) is 0 Å². The van der Waals surface area contributed by atoms with Gasteiger partial charge in [-0.05, 0) is 74.2 Å². The molecule has 0 bridgehead atoms. The van der Waals surface area contributed by atoms with Gasteiger partial charge in [0.25, 0.3) is 0 Å². The molecule has 1 N–H and O–H groups in total. The van der Waals surface area contributed by atoms with Crippen molar-refractivity contribution in [3.8, 4) is 0 Å². The average molecular weight is 390 g/mol. The van der Waals surface area contributed by atoms with Gasteiger partial charge in [0.15, 0.2) is 0 Å². The van der Waals surface area contributed by atoms with Crippen molar-refractivity contribution >= 4 is 49.1 Å². The minimum atomic E-state index is 0.734. The fourth-order valence-electron chi connectivity index (χ4n) is 1.61. The number of anilines is 1. The van der Waals surface area contributed by atoms with Gasteiger partial charge in [-0.15, -0.1) is 0 Å². The predicted molar refractivity (Wildman–Crippen MR) is 85.4 cm³/mol. The van der Waals surface area contributed by atoms with Crippen LogP contribution in [0.1, 0.15) is 11.1 Å². The Morgan fingerprint density at radius 3 is 2.50 bits per heavy atom. The highest BCUT2D eigenvalue weighted by Gasteiger charge is 2.02. The number of rotatable bonds is 3. The van der Waals surface area contributed by atoms with Crippen LogP contribution in [0, 0.1) is 6.92 Å². The molecule has 2 rings (SSSR count). The molecular formula is C14H12Br2ClN. The Kier molecular flexibility index (Phi) is 4.71. The van der Waals surface area contributed by atoms with Crippen LogP contribution < -0.4 is 5.32 Å². The van der Waals surface area contributed by atoms with Gasteiger partial charge in [0, 0.05) is 21.2 Å². The average Bonchev–Trinajstić information content (AvgIpc) is 2.32. The fourth-order valence-corrected chi connectivity index (χ4v) is 2.69. The predicted octanol–water partition coefficient (Wildman–Crippen LogP) is 5.79. The standard InChI is InChI=1S/C14H12Br2ClN/c1-9-2-5-14(12(16)6-9)18-8-10-3-4-11(15)13(17)7-10/h2-7,18H,8H2,1H3. The van der Waals surface area contributed by atoms with E-state index < -0.39 is 0 Å². The molecule has 0 aliphatic heterocycles. The molecule has 0 saturated heterocycles. The molecule has 0 aliphatic rings. The zero-order valence-corrected chi connectivity index (χ0v) is 13.7. The molecule has 94 valence electrons. The summed E-state index contributed by atoms with van der Waals surface area (Å²) in [5, 5.41) is 4.12. The largest absolute Gasteiger partial charge is 0.380 e. The van der Waals surface area contributed by atoms with Crippen molar-refractivity contribution < 1.29 is 0 Å². The van der Waals surface area contributed by atoms with Crippen LogP contribution in [0.4, 0.5) is 5.69 Å². The van der Waals surface area contributed by atoms with Crippen LogP contribution in [-0.2, 0) is 6.54 Å². The van der Waals surface area contributed by atoms with Gasteiger partial charge in [0.1, 0.15) is 0 Å². The lowest BCUT2D eigenvalue weighted by molar-refractivity contribution is 1.14. The third kappa shape index (κ3) is 3.50. The summed E-state index contributed by atoms with van der Waals surface area (Å²) >= 11 is 13.0. The second-order valence-electron chi connectivity index (χ2n) is 4.09. The summed E-state index contributed by atoms with van der Waals surface area (Å²) in [4.78, 5) is 0. The van der Waals surface area contributed by atoms with Crippen molar-refractivity contribution in [2.24, 2.45) is 0 Å².